The van der Waals surface area contributed by atoms with Gasteiger partial charge in [-0.1, -0.05) is 32.0 Å². The molecule has 1 amide bonds. The second-order valence-corrected chi connectivity index (χ2v) is 13.4. The number of aromatic nitrogens is 3. The molecule has 2 aromatic heterocycles. The van der Waals surface area contributed by atoms with Crippen molar-refractivity contribution in [2.45, 2.75) is 73.4 Å². The van der Waals surface area contributed by atoms with Gasteiger partial charge in [-0.3, -0.25) is 14.7 Å². The van der Waals surface area contributed by atoms with E-state index in [1.165, 1.54) is 11.9 Å². The molecule has 0 saturated carbocycles. The molecule has 8 nitrogen and oxygen atoms in total. The molecule has 8 heteroatoms. The summed E-state index contributed by atoms with van der Waals surface area (Å²) in [6, 6.07) is 7.08. The van der Waals surface area contributed by atoms with E-state index in [1.54, 1.807) is 26.2 Å². The number of rotatable bonds is 8. The molecule has 1 N–H and O–H groups in total. The minimum atomic E-state index is -1.36. The molecule has 4 aromatic rings. The summed E-state index contributed by atoms with van der Waals surface area (Å²) in [7, 11) is 3.67. The molecule has 0 radical (unpaired) electrons. The molecule has 1 aliphatic heterocycles. The van der Waals surface area contributed by atoms with Crippen LogP contribution in [-0.2, 0) is 6.54 Å². The predicted molar refractivity (Wildman–Crippen MR) is 189 cm³/mol. The fourth-order valence-corrected chi connectivity index (χ4v) is 6.01. The van der Waals surface area contributed by atoms with Crippen LogP contribution in [-0.4, -0.2) is 69.9 Å². The number of likely N-dealkylation sites (N-methyl/N-ethyl adjacent to an activating group) is 1. The lowest BCUT2D eigenvalue weighted by atomic mass is 9.97. The molecule has 0 atom stereocenters. The predicted octanol–water partition coefficient (Wildman–Crippen LogP) is 7.44. The molecule has 0 aliphatic carbocycles. The van der Waals surface area contributed by atoms with Crippen molar-refractivity contribution in [3.63, 3.8) is 0 Å². The van der Waals surface area contributed by atoms with Gasteiger partial charge < -0.3 is 15.1 Å². The molecule has 2 aromatic carbocycles. The van der Waals surface area contributed by atoms with Gasteiger partial charge >= 0.3 is 0 Å². The van der Waals surface area contributed by atoms with Gasteiger partial charge in [-0.2, -0.15) is 0 Å². The van der Waals surface area contributed by atoms with Crippen molar-refractivity contribution < 1.29 is 10.3 Å². The quantitative estimate of drug-likeness (QED) is 0.219. The maximum absolute atomic E-state index is 14.1. The van der Waals surface area contributed by atoms with E-state index < -0.39 is 11.8 Å². The molecule has 5 rings (SSSR count). The fourth-order valence-electron chi connectivity index (χ4n) is 6.01. The van der Waals surface area contributed by atoms with Gasteiger partial charge in [0.05, 0.1) is 9.81 Å². The van der Waals surface area contributed by atoms with Gasteiger partial charge in [0.1, 0.15) is 0 Å². The standard InChI is InChI=1S/C38H49N7O/c1-24(2)32-14-12-31(19-34(32)41-37-40-20-27(5)35(42-37)30-18-25(3)28(6)39-21-30)44(10)36(46)33-13-11-29(17-26(33)4)22-45-16-15-43(9)23-38(45,7)8/h11-14,17-21,24H,15-16,22-23H2,1-10H3,(H,40,41,42)/i12D,14D,19D,24D. The normalized spacial score (nSPS) is 16.7. The fraction of sp³-hybridized carbons (Fsp3) is 0.421. The van der Waals surface area contributed by atoms with Crippen LogP contribution in [0.1, 0.15) is 82.9 Å². The number of pyridine rings is 1. The monoisotopic (exact) mass is 623 g/mol. The molecule has 0 bridgehead atoms. The van der Waals surface area contributed by atoms with E-state index in [-0.39, 0.29) is 46.6 Å². The Morgan fingerprint density at radius 1 is 1.07 bits per heavy atom. The molecule has 1 aliphatic rings. The van der Waals surface area contributed by atoms with Crippen molar-refractivity contribution >= 4 is 23.2 Å². The van der Waals surface area contributed by atoms with E-state index >= 15 is 0 Å². The number of nitrogens with zero attached hydrogens (tertiary/aromatic N) is 6. The summed E-state index contributed by atoms with van der Waals surface area (Å²) < 4.78 is 36.1. The van der Waals surface area contributed by atoms with Gasteiger partial charge in [-0.15, -0.1) is 0 Å². The van der Waals surface area contributed by atoms with Crippen LogP contribution in [0.5, 0.6) is 0 Å². The molecular weight excluding hydrogens is 570 g/mol. The molecule has 1 saturated heterocycles. The third-order valence-electron chi connectivity index (χ3n) is 8.92. The van der Waals surface area contributed by atoms with Gasteiger partial charge in [0.15, 0.2) is 0 Å². The highest BCUT2D eigenvalue weighted by Gasteiger charge is 2.32. The maximum atomic E-state index is 14.1. The van der Waals surface area contributed by atoms with E-state index in [0.717, 1.165) is 59.7 Å². The van der Waals surface area contributed by atoms with Crippen LogP contribution in [0.2, 0.25) is 0 Å². The first-order valence-corrected chi connectivity index (χ1v) is 15.8. The number of amides is 1. The number of carbonyl (C=O) groups is 1. The highest BCUT2D eigenvalue weighted by atomic mass is 16.2. The lowest BCUT2D eigenvalue weighted by molar-refractivity contribution is 0.0254. The number of aryl methyl sites for hydroxylation is 4. The lowest BCUT2D eigenvalue weighted by Crippen LogP contribution is -2.57. The van der Waals surface area contributed by atoms with Crippen molar-refractivity contribution in [3.8, 4) is 11.3 Å². The Labute approximate surface area is 280 Å². The highest BCUT2D eigenvalue weighted by molar-refractivity contribution is 6.07. The Kier molecular flexibility index (Phi) is 8.13. The van der Waals surface area contributed by atoms with Crippen LogP contribution in [0, 0.1) is 27.7 Å². The smallest absolute Gasteiger partial charge is 0.258 e. The minimum Gasteiger partial charge on any atom is -0.324 e. The Morgan fingerprint density at radius 3 is 2.50 bits per heavy atom. The molecule has 0 spiro atoms. The average Bonchev–Trinajstić information content (AvgIpc) is 3.02. The number of carbonyl (C=O) groups excluding carboxylic acids is 1. The number of hydrogen-bond donors (Lipinski definition) is 1. The van der Waals surface area contributed by atoms with Crippen molar-refractivity contribution in [1.82, 2.24) is 24.8 Å². The van der Waals surface area contributed by atoms with E-state index in [2.05, 4.69) is 46.0 Å². The van der Waals surface area contributed by atoms with Crippen LogP contribution in [0.25, 0.3) is 11.3 Å². The second kappa shape index (κ2) is 13.3. The largest absolute Gasteiger partial charge is 0.324 e. The van der Waals surface area contributed by atoms with Gasteiger partial charge in [0.25, 0.3) is 5.91 Å². The number of benzene rings is 2. The first kappa shape index (κ1) is 28.1. The number of hydrogen-bond acceptors (Lipinski definition) is 7. The Hall–Kier alpha value is -4.14. The second-order valence-electron chi connectivity index (χ2n) is 13.4. The zero-order valence-corrected chi connectivity index (χ0v) is 28.9. The summed E-state index contributed by atoms with van der Waals surface area (Å²) in [5.74, 6) is -1.59. The average molecular weight is 624 g/mol. The number of anilines is 3. The Morgan fingerprint density at radius 2 is 1.83 bits per heavy atom. The topological polar surface area (TPSA) is 77.5 Å². The first-order chi connectivity index (χ1) is 23.3. The minimum absolute atomic E-state index is 0.0201. The zero-order chi connectivity index (χ0) is 36.9. The number of piperazine rings is 1. The van der Waals surface area contributed by atoms with Crippen molar-refractivity contribution in [3.05, 3.63) is 93.9 Å². The maximum Gasteiger partial charge on any atom is 0.258 e. The van der Waals surface area contributed by atoms with Crippen LogP contribution < -0.4 is 10.2 Å². The molecular formula is C38H49N7O. The molecule has 1 fully saturated rings. The van der Waals surface area contributed by atoms with E-state index in [1.807, 2.05) is 52.0 Å². The first-order valence-electron chi connectivity index (χ1n) is 17.8. The summed E-state index contributed by atoms with van der Waals surface area (Å²) in [5, 5.41) is 3.12. The third kappa shape index (κ3) is 7.13. The van der Waals surface area contributed by atoms with Gasteiger partial charge in [-0.25, -0.2) is 9.97 Å². The van der Waals surface area contributed by atoms with Crippen molar-refractivity contribution in [2.24, 2.45) is 0 Å². The lowest BCUT2D eigenvalue weighted by Gasteiger charge is -2.46. The Bertz CT molecular complexity index is 1960. The van der Waals surface area contributed by atoms with Crippen molar-refractivity contribution in [2.75, 3.05) is 43.9 Å². The van der Waals surface area contributed by atoms with Gasteiger partial charge in [0, 0.05) is 80.7 Å². The van der Waals surface area contributed by atoms with Crippen LogP contribution in [0.4, 0.5) is 17.3 Å². The molecule has 0 unspecified atom stereocenters. The number of nitrogens with one attached hydrogen (secondary N) is 1. The van der Waals surface area contributed by atoms with E-state index in [4.69, 9.17) is 9.10 Å². The Balaban J connectivity index is 1.51. The van der Waals surface area contributed by atoms with Gasteiger partial charge in [-0.05, 0) is 107 Å². The zero-order valence-electron chi connectivity index (χ0n) is 32.9. The molecule has 46 heavy (non-hydrogen) atoms. The van der Waals surface area contributed by atoms with Crippen molar-refractivity contribution in [1.29, 1.82) is 0 Å². The summed E-state index contributed by atoms with van der Waals surface area (Å²) in [6.07, 6.45) is 3.43. The van der Waals surface area contributed by atoms with E-state index in [9.17, 15) is 6.17 Å². The third-order valence-corrected chi connectivity index (χ3v) is 8.92. The van der Waals surface area contributed by atoms with Crippen LogP contribution in [0.3, 0.4) is 0 Å². The molecule has 242 valence electrons. The summed E-state index contributed by atoms with van der Waals surface area (Å²) in [6.45, 7) is 19.1. The van der Waals surface area contributed by atoms with E-state index in [0.29, 0.717) is 11.3 Å². The highest BCUT2D eigenvalue weighted by Crippen LogP contribution is 2.32. The van der Waals surface area contributed by atoms with Gasteiger partial charge in [0.2, 0.25) is 5.95 Å². The van der Waals surface area contributed by atoms with Crippen LogP contribution in [0.15, 0.2) is 54.8 Å². The summed E-state index contributed by atoms with van der Waals surface area (Å²) in [5.41, 5.74) is 6.82. The SMILES string of the molecule is [2H]c1c([2H])c(C([2H])(C)C)c(Nc2ncc(C)c(-c3cnc(C)c(C)c3)n2)c([2H])c1N(C)C(=O)c1ccc(CN2CCN(C)CC2(C)C)cc1C. The summed E-state index contributed by atoms with van der Waals surface area (Å²) in [4.78, 5) is 33.8. The summed E-state index contributed by atoms with van der Waals surface area (Å²) >= 11 is 0. The van der Waals surface area contributed by atoms with Crippen LogP contribution >= 0.6 is 0 Å². The molecule has 3 heterocycles.